The number of methoxy groups -OCH3 is 2. The van der Waals surface area contributed by atoms with Crippen molar-refractivity contribution in [2.24, 2.45) is 7.05 Å². The molecule has 0 unspecified atom stereocenters. The van der Waals surface area contributed by atoms with Gasteiger partial charge in [-0.2, -0.15) is 0 Å². The number of thioether (sulfide) groups is 1. The maximum atomic E-state index is 12.6. The first-order valence-electron chi connectivity index (χ1n) is 8.10. The minimum Gasteiger partial charge on any atom is -0.508 e. The van der Waals surface area contributed by atoms with E-state index in [2.05, 4.69) is 10.2 Å². The molecule has 1 aromatic heterocycles. The van der Waals surface area contributed by atoms with E-state index in [1.165, 1.54) is 18.9 Å². The van der Waals surface area contributed by atoms with Gasteiger partial charge in [-0.15, -0.1) is 10.2 Å². The van der Waals surface area contributed by atoms with E-state index < -0.39 is 0 Å². The Labute approximate surface area is 161 Å². The molecular weight excluding hydrogens is 366 g/mol. The second kappa shape index (κ2) is 8.13. The van der Waals surface area contributed by atoms with Gasteiger partial charge in [0.2, 0.25) is 0 Å². The highest BCUT2D eigenvalue weighted by atomic mass is 32.2. The molecule has 0 radical (unpaired) electrons. The summed E-state index contributed by atoms with van der Waals surface area (Å²) in [6, 6.07) is 11.8. The van der Waals surface area contributed by atoms with Crippen LogP contribution in [0.1, 0.15) is 10.4 Å². The first-order valence-corrected chi connectivity index (χ1v) is 9.09. The lowest BCUT2D eigenvalue weighted by Crippen LogP contribution is -2.06. The van der Waals surface area contributed by atoms with Crippen molar-refractivity contribution in [1.29, 1.82) is 0 Å². The molecule has 0 fully saturated rings. The van der Waals surface area contributed by atoms with Crippen LogP contribution in [0.3, 0.4) is 0 Å². The van der Waals surface area contributed by atoms with Crippen molar-refractivity contribution in [2.75, 3.05) is 20.0 Å². The van der Waals surface area contributed by atoms with Gasteiger partial charge in [0.25, 0.3) is 0 Å². The number of phenols is 1. The number of aromatic nitrogens is 3. The number of rotatable bonds is 7. The second-order valence-corrected chi connectivity index (χ2v) is 6.63. The Morgan fingerprint density at radius 1 is 1.11 bits per heavy atom. The fraction of sp³-hybridized carbons (Fsp3) is 0.211. The summed E-state index contributed by atoms with van der Waals surface area (Å²) in [5.74, 6) is 2.04. The number of Topliss-reactive ketones (excluding diaryl/α,β-unsaturated/α-hetero) is 1. The topological polar surface area (TPSA) is 86.5 Å². The summed E-state index contributed by atoms with van der Waals surface area (Å²) < 4.78 is 12.3. The van der Waals surface area contributed by atoms with Gasteiger partial charge in [-0.1, -0.05) is 11.8 Å². The molecule has 1 heterocycles. The second-order valence-electron chi connectivity index (χ2n) is 5.69. The largest absolute Gasteiger partial charge is 0.508 e. The maximum absolute atomic E-state index is 12.6. The number of ketones is 1. The van der Waals surface area contributed by atoms with Gasteiger partial charge < -0.3 is 19.1 Å². The van der Waals surface area contributed by atoms with Gasteiger partial charge in [0.15, 0.2) is 16.8 Å². The number of benzene rings is 2. The van der Waals surface area contributed by atoms with E-state index in [1.54, 1.807) is 49.6 Å². The van der Waals surface area contributed by atoms with Gasteiger partial charge in [0, 0.05) is 12.6 Å². The molecule has 0 aliphatic rings. The van der Waals surface area contributed by atoms with Crippen LogP contribution in [-0.4, -0.2) is 45.6 Å². The Balaban J connectivity index is 1.76. The molecule has 0 amide bonds. The fourth-order valence-corrected chi connectivity index (χ4v) is 3.34. The van der Waals surface area contributed by atoms with Crippen LogP contribution in [0.4, 0.5) is 0 Å². The van der Waals surface area contributed by atoms with Crippen molar-refractivity contribution >= 4 is 17.5 Å². The Morgan fingerprint density at radius 2 is 1.85 bits per heavy atom. The summed E-state index contributed by atoms with van der Waals surface area (Å²) >= 11 is 1.30. The third kappa shape index (κ3) is 4.06. The monoisotopic (exact) mass is 385 g/mol. The minimum absolute atomic E-state index is 0.0927. The Kier molecular flexibility index (Phi) is 5.66. The van der Waals surface area contributed by atoms with E-state index >= 15 is 0 Å². The predicted molar refractivity (Wildman–Crippen MR) is 103 cm³/mol. The molecule has 2 aromatic carbocycles. The maximum Gasteiger partial charge on any atom is 0.191 e. The van der Waals surface area contributed by atoms with Crippen LogP contribution in [0.5, 0.6) is 17.2 Å². The molecule has 3 aromatic rings. The SMILES string of the molecule is COc1ccc(OC)c(C(=O)CSc2nnc(-c3ccc(O)cc3)n2C)c1. The quantitative estimate of drug-likeness (QED) is 0.494. The molecule has 1 N–H and O–H groups in total. The van der Waals surface area contributed by atoms with Crippen molar-refractivity contribution in [3.05, 3.63) is 48.0 Å². The molecule has 0 aliphatic carbocycles. The number of aromatic hydroxyl groups is 1. The molecule has 0 aliphatic heterocycles. The zero-order chi connectivity index (χ0) is 19.4. The third-order valence-electron chi connectivity index (χ3n) is 4.00. The molecule has 7 nitrogen and oxygen atoms in total. The smallest absolute Gasteiger partial charge is 0.191 e. The number of carbonyl (C=O) groups is 1. The predicted octanol–water partition coefficient (Wildman–Crippen LogP) is 3.18. The Hall–Kier alpha value is -3.00. The van der Waals surface area contributed by atoms with E-state index in [4.69, 9.17) is 9.47 Å². The number of carbonyl (C=O) groups excluding carboxylic acids is 1. The first kappa shape index (κ1) is 18.8. The molecular formula is C19H19N3O4S. The molecule has 8 heteroatoms. The Morgan fingerprint density at radius 3 is 2.52 bits per heavy atom. The highest BCUT2D eigenvalue weighted by Gasteiger charge is 2.17. The normalized spacial score (nSPS) is 10.6. The van der Waals surface area contributed by atoms with E-state index in [9.17, 15) is 9.90 Å². The highest BCUT2D eigenvalue weighted by Crippen LogP contribution is 2.28. The van der Waals surface area contributed by atoms with Gasteiger partial charge in [0.05, 0.1) is 25.5 Å². The van der Waals surface area contributed by atoms with Crippen LogP contribution in [0, 0.1) is 0 Å². The van der Waals surface area contributed by atoms with E-state index in [0.29, 0.717) is 28.0 Å². The molecule has 140 valence electrons. The van der Waals surface area contributed by atoms with Crippen LogP contribution in [-0.2, 0) is 7.05 Å². The van der Waals surface area contributed by atoms with Gasteiger partial charge >= 0.3 is 0 Å². The molecule has 0 spiro atoms. The molecule has 27 heavy (non-hydrogen) atoms. The first-order chi connectivity index (χ1) is 13.0. The van der Waals surface area contributed by atoms with Crippen LogP contribution in [0.25, 0.3) is 11.4 Å². The number of hydrogen-bond acceptors (Lipinski definition) is 7. The van der Waals surface area contributed by atoms with Crippen LogP contribution in [0.15, 0.2) is 47.6 Å². The van der Waals surface area contributed by atoms with Gasteiger partial charge in [0.1, 0.15) is 17.2 Å². The average Bonchev–Trinajstić information content (AvgIpc) is 3.06. The van der Waals surface area contributed by atoms with E-state index in [1.807, 2.05) is 11.6 Å². The van der Waals surface area contributed by atoms with Gasteiger partial charge in [-0.05, 0) is 42.5 Å². The van der Waals surface area contributed by atoms with Crippen molar-refractivity contribution in [3.8, 4) is 28.6 Å². The van der Waals surface area contributed by atoms with Crippen molar-refractivity contribution in [2.45, 2.75) is 5.16 Å². The number of phenolic OH excluding ortho intramolecular Hbond substituents is 1. The van der Waals surface area contributed by atoms with Crippen LogP contribution in [0.2, 0.25) is 0 Å². The number of ether oxygens (including phenoxy) is 2. The molecule has 0 atom stereocenters. The summed E-state index contributed by atoms with van der Waals surface area (Å²) in [5.41, 5.74) is 1.29. The van der Waals surface area contributed by atoms with Crippen LogP contribution < -0.4 is 9.47 Å². The zero-order valence-electron chi connectivity index (χ0n) is 15.2. The van der Waals surface area contributed by atoms with Gasteiger partial charge in [-0.25, -0.2) is 0 Å². The molecule has 3 rings (SSSR count). The molecule has 0 bridgehead atoms. The minimum atomic E-state index is -0.0927. The molecule has 0 saturated carbocycles. The summed E-state index contributed by atoms with van der Waals surface area (Å²) in [4.78, 5) is 12.6. The standard InChI is InChI=1S/C19H19N3O4S/c1-22-18(12-4-6-13(23)7-5-12)20-21-19(22)27-11-16(24)15-10-14(25-2)8-9-17(15)26-3/h4-10,23H,11H2,1-3H3. The fourth-order valence-electron chi connectivity index (χ4n) is 2.54. The lowest BCUT2D eigenvalue weighted by molar-refractivity contribution is 0.101. The average molecular weight is 385 g/mol. The van der Waals surface area contributed by atoms with E-state index in [-0.39, 0.29) is 17.3 Å². The van der Waals surface area contributed by atoms with Crippen LogP contribution >= 0.6 is 11.8 Å². The van der Waals surface area contributed by atoms with E-state index in [0.717, 1.165) is 5.56 Å². The van der Waals surface area contributed by atoms with Crippen molar-refractivity contribution < 1.29 is 19.4 Å². The Bertz CT molecular complexity index is 954. The zero-order valence-corrected chi connectivity index (χ0v) is 16.0. The lowest BCUT2D eigenvalue weighted by atomic mass is 10.1. The summed E-state index contributed by atoms with van der Waals surface area (Å²) in [7, 11) is 4.91. The highest BCUT2D eigenvalue weighted by molar-refractivity contribution is 7.99. The number of hydrogen-bond donors (Lipinski definition) is 1. The summed E-state index contributed by atoms with van der Waals surface area (Å²) in [5, 5.41) is 18.4. The summed E-state index contributed by atoms with van der Waals surface area (Å²) in [6.45, 7) is 0. The third-order valence-corrected chi connectivity index (χ3v) is 5.02. The summed E-state index contributed by atoms with van der Waals surface area (Å²) in [6.07, 6.45) is 0. The number of nitrogens with zero attached hydrogens (tertiary/aromatic N) is 3. The van der Waals surface area contributed by atoms with Gasteiger partial charge in [-0.3, -0.25) is 4.79 Å². The van der Waals surface area contributed by atoms with Crippen molar-refractivity contribution in [1.82, 2.24) is 14.8 Å². The molecule has 0 saturated heterocycles. The van der Waals surface area contributed by atoms with Crippen molar-refractivity contribution in [3.63, 3.8) is 0 Å². The lowest BCUT2D eigenvalue weighted by Gasteiger charge is -2.09.